The van der Waals surface area contributed by atoms with E-state index in [1.807, 2.05) is 44.0 Å². The van der Waals surface area contributed by atoms with Gasteiger partial charge in [-0.25, -0.2) is 28.2 Å². The zero-order valence-electron chi connectivity index (χ0n) is 18.6. The Bertz CT molecular complexity index is 893. The molecule has 0 amide bonds. The molecular formula is C20H27ClN2O8. The van der Waals surface area contributed by atoms with Crippen LogP contribution in [0.2, 0.25) is 0 Å². The van der Waals surface area contributed by atoms with Crippen LogP contribution in [0.4, 0.5) is 0 Å². The monoisotopic (exact) mass is 458 g/mol. The molecule has 0 N–H and O–H groups in total. The molecule has 2 aromatic rings. The lowest BCUT2D eigenvalue weighted by molar-refractivity contribution is -2.00. The summed E-state index contributed by atoms with van der Waals surface area (Å²) in [5.41, 5.74) is 4.94. The van der Waals surface area contributed by atoms with Crippen LogP contribution in [0.5, 0.6) is 0 Å². The molecule has 11 heteroatoms. The Hall–Kier alpha value is -2.50. The Morgan fingerprint density at radius 1 is 0.839 bits per heavy atom. The second kappa shape index (κ2) is 10.7. The van der Waals surface area contributed by atoms with Gasteiger partial charge in [-0.1, -0.05) is 4.68 Å². The molecule has 0 bridgehead atoms. The molecule has 0 aliphatic rings. The smallest absolute Gasteiger partial charge is 0.341 e. The van der Waals surface area contributed by atoms with Gasteiger partial charge in [-0.05, 0) is 40.2 Å². The number of aromatic nitrogens is 2. The fourth-order valence-corrected chi connectivity index (χ4v) is 3.45. The zero-order chi connectivity index (χ0) is 24.1. The molecule has 0 unspecified atom stereocenters. The van der Waals surface area contributed by atoms with Crippen LogP contribution in [0.1, 0.15) is 62.9 Å². The Balaban J connectivity index is 0.000000861. The molecule has 10 nitrogen and oxygen atoms in total. The van der Waals surface area contributed by atoms with Crippen molar-refractivity contribution in [1.82, 2.24) is 4.68 Å². The van der Waals surface area contributed by atoms with Crippen LogP contribution in [0.15, 0.2) is 12.1 Å². The van der Waals surface area contributed by atoms with Gasteiger partial charge in [-0.2, -0.15) is 0 Å². The van der Waals surface area contributed by atoms with Crippen molar-refractivity contribution < 1.29 is 52.6 Å². The number of ether oxygens (including phenoxy) is 2. The average molecular weight is 459 g/mol. The van der Waals surface area contributed by atoms with E-state index in [0.717, 1.165) is 17.0 Å². The molecule has 0 spiro atoms. The second-order valence-electron chi connectivity index (χ2n) is 6.68. The summed E-state index contributed by atoms with van der Waals surface area (Å²) in [7, 11) is -4.94. The fraction of sp³-hybridized carbons (Fsp3) is 0.450. The molecular weight excluding hydrogens is 432 g/mol. The summed E-state index contributed by atoms with van der Waals surface area (Å²) in [6.07, 6.45) is 0. The average Bonchev–Trinajstić information content (AvgIpc) is 2.85. The number of carbonyl (C=O) groups is 2. The number of esters is 2. The van der Waals surface area contributed by atoms with Crippen LogP contribution in [0.25, 0.3) is 0 Å². The summed E-state index contributed by atoms with van der Waals surface area (Å²) in [6.45, 7) is 13.6. The number of pyridine rings is 1. The Morgan fingerprint density at radius 2 is 1.16 bits per heavy atom. The van der Waals surface area contributed by atoms with E-state index >= 15 is 0 Å². The lowest BCUT2D eigenvalue weighted by Gasteiger charge is -2.17. The zero-order valence-corrected chi connectivity index (χ0v) is 19.4. The van der Waals surface area contributed by atoms with E-state index < -0.39 is 22.2 Å². The summed E-state index contributed by atoms with van der Waals surface area (Å²) in [5, 5.41) is 0. The van der Waals surface area contributed by atoms with E-state index in [-0.39, 0.29) is 24.3 Å². The van der Waals surface area contributed by atoms with Crippen molar-refractivity contribution in [3.63, 3.8) is 0 Å². The molecule has 0 saturated carbocycles. The summed E-state index contributed by atoms with van der Waals surface area (Å²) in [5.74, 6) is -1.03. The lowest BCUT2D eigenvalue weighted by Crippen LogP contribution is -2.68. The molecule has 0 aliphatic carbocycles. The van der Waals surface area contributed by atoms with Crippen LogP contribution in [0, 0.1) is 44.9 Å². The minimum atomic E-state index is -4.94. The van der Waals surface area contributed by atoms with Crippen LogP contribution in [-0.2, 0) is 9.47 Å². The van der Waals surface area contributed by atoms with E-state index in [1.54, 1.807) is 13.8 Å². The Morgan fingerprint density at radius 3 is 1.45 bits per heavy atom. The van der Waals surface area contributed by atoms with E-state index in [1.165, 1.54) is 0 Å². The minimum absolute atomic E-state index is 0.237. The molecule has 0 fully saturated rings. The highest BCUT2D eigenvalue weighted by molar-refractivity contribution is 6.05. The van der Waals surface area contributed by atoms with Gasteiger partial charge in [0.05, 0.1) is 24.6 Å². The molecule has 0 aromatic carbocycles. The summed E-state index contributed by atoms with van der Waals surface area (Å²) in [4.78, 5) is 25.1. The van der Waals surface area contributed by atoms with E-state index in [4.69, 9.17) is 28.1 Å². The lowest BCUT2D eigenvalue weighted by atomic mass is 10.1. The summed E-state index contributed by atoms with van der Waals surface area (Å²) >= 11 is 0. The first kappa shape index (κ1) is 26.5. The third-order valence-corrected chi connectivity index (χ3v) is 4.31. The normalized spacial score (nSPS) is 10.9. The highest BCUT2D eigenvalue weighted by Gasteiger charge is 2.34. The molecule has 2 rings (SSSR count). The Labute approximate surface area is 183 Å². The van der Waals surface area contributed by atoms with Crippen molar-refractivity contribution in [2.75, 3.05) is 13.2 Å². The highest BCUT2D eigenvalue weighted by atomic mass is 35.7. The van der Waals surface area contributed by atoms with Crippen molar-refractivity contribution in [2.24, 2.45) is 0 Å². The van der Waals surface area contributed by atoms with E-state index in [9.17, 15) is 9.59 Å². The molecule has 172 valence electrons. The van der Waals surface area contributed by atoms with Gasteiger partial charge in [0.15, 0.2) is 0 Å². The Kier molecular flexibility index (Phi) is 9.15. The third-order valence-electron chi connectivity index (χ3n) is 4.31. The van der Waals surface area contributed by atoms with Gasteiger partial charge in [0.2, 0.25) is 11.4 Å². The van der Waals surface area contributed by atoms with E-state index in [0.29, 0.717) is 11.4 Å². The fourth-order valence-electron chi connectivity index (χ4n) is 3.45. The maximum Gasteiger partial charge on any atom is 0.341 e. The molecule has 0 radical (unpaired) electrons. The first-order valence-corrected chi connectivity index (χ1v) is 10.7. The molecule has 2 aromatic heterocycles. The summed E-state index contributed by atoms with van der Waals surface area (Å²) < 4.78 is 48.2. The number of hydrogen-bond donors (Lipinski definition) is 0. The van der Waals surface area contributed by atoms with Crippen LogP contribution in [-0.4, -0.2) is 29.8 Å². The van der Waals surface area contributed by atoms with Gasteiger partial charge in [0.1, 0.15) is 11.1 Å². The second-order valence-corrected chi connectivity index (χ2v) is 7.43. The number of halogens is 1. The van der Waals surface area contributed by atoms with Crippen LogP contribution < -0.4 is 23.3 Å². The number of carbonyl (C=O) groups excluding carboxylic acids is 2. The predicted molar refractivity (Wildman–Crippen MR) is 97.5 cm³/mol. The molecule has 31 heavy (non-hydrogen) atoms. The van der Waals surface area contributed by atoms with Crippen molar-refractivity contribution >= 4 is 11.9 Å². The van der Waals surface area contributed by atoms with Crippen molar-refractivity contribution in [3.05, 3.63) is 51.6 Å². The third kappa shape index (κ3) is 6.74. The largest absolute Gasteiger partial charge is 0.462 e. The maximum atomic E-state index is 12.6. The summed E-state index contributed by atoms with van der Waals surface area (Å²) in [6, 6.07) is 4.11. The first-order valence-electron chi connectivity index (χ1n) is 9.42. The van der Waals surface area contributed by atoms with Crippen molar-refractivity contribution in [3.8, 4) is 0 Å². The maximum absolute atomic E-state index is 12.6. The molecule has 0 atom stereocenters. The van der Waals surface area contributed by atoms with Gasteiger partial charge >= 0.3 is 11.9 Å². The molecule has 0 aliphatic heterocycles. The van der Waals surface area contributed by atoms with Gasteiger partial charge in [-0.15, -0.1) is 14.9 Å². The van der Waals surface area contributed by atoms with Gasteiger partial charge in [-0.3, -0.25) is 0 Å². The number of nitrogens with zero attached hydrogens (tertiary/aromatic N) is 2. The SMILES string of the molecule is CCOC(=O)c1c(C(=O)OCC)c(C)n(-[n+]2c(C)cc(C)cc2C)c1C.[O-][Cl+3]([O-])([O-])[O-]. The standard InChI is InChI=1S/C20H27N2O4.ClHO4/c1-8-25-19(23)17-15(6)22(16(7)18(17)20(24)26-9-2)21-13(4)10-12(3)11-14(21)5;2-1(3,4)5/h10-11H,8-9H2,1-7H3;(H,2,3,4,5)/q+1;/p-1. The van der Waals surface area contributed by atoms with Crippen molar-refractivity contribution in [2.45, 2.75) is 48.5 Å². The number of rotatable bonds is 5. The quantitative estimate of drug-likeness (QED) is 0.376. The first-order chi connectivity index (χ1) is 14.2. The minimum Gasteiger partial charge on any atom is -0.462 e. The van der Waals surface area contributed by atoms with Crippen LogP contribution in [0.3, 0.4) is 0 Å². The molecule has 0 saturated heterocycles. The van der Waals surface area contributed by atoms with Crippen molar-refractivity contribution in [1.29, 1.82) is 0 Å². The molecule has 2 heterocycles. The van der Waals surface area contributed by atoms with E-state index in [2.05, 4.69) is 12.1 Å². The van der Waals surface area contributed by atoms with Gasteiger partial charge in [0.25, 0.3) is 0 Å². The topological polar surface area (TPSA) is 154 Å². The van der Waals surface area contributed by atoms with Gasteiger partial charge in [0, 0.05) is 26.0 Å². The highest BCUT2D eigenvalue weighted by Crippen LogP contribution is 2.24. The predicted octanol–water partition coefficient (Wildman–Crippen LogP) is -1.77. The van der Waals surface area contributed by atoms with Crippen LogP contribution >= 0.6 is 0 Å². The number of aryl methyl sites for hydroxylation is 3. The van der Waals surface area contributed by atoms with Gasteiger partial charge < -0.3 is 9.47 Å². The number of hydrogen-bond acceptors (Lipinski definition) is 8.